The van der Waals surface area contributed by atoms with Gasteiger partial charge >= 0.3 is 35.8 Å². The second-order valence-corrected chi connectivity index (χ2v) is 7.66. The Morgan fingerprint density at radius 3 is 1.25 bits per heavy atom. The summed E-state index contributed by atoms with van der Waals surface area (Å²) in [5.74, 6) is -5.67. The molecule has 0 heterocycles. The molecular formula is C24H30O12. The van der Waals surface area contributed by atoms with E-state index in [1.54, 1.807) is 24.3 Å². The summed E-state index contributed by atoms with van der Waals surface area (Å²) in [6, 6.07) is 8.88. The Bertz CT molecular complexity index is 942. The molecule has 12 heteroatoms. The monoisotopic (exact) mass is 510 g/mol. The highest BCUT2D eigenvalue weighted by Crippen LogP contribution is 2.08. The average molecular weight is 510 g/mol. The molecule has 0 aliphatic carbocycles. The highest BCUT2D eigenvalue weighted by molar-refractivity contribution is 5.86. The molecule has 198 valence electrons. The molecule has 0 saturated carbocycles. The standard InChI is InChI=1S/C24H30O12/c1-13(20(26)31-12-19-10-8-7-9-11-19)33-22(28)15(3)35-24(30)17(5)36-23(29)16(4)34-21(27)14(2)32-18(6)25/h7-11,13-17H,12H2,1-6H3. The summed E-state index contributed by atoms with van der Waals surface area (Å²) in [6.07, 6.45) is -6.82. The molecule has 0 bridgehead atoms. The minimum Gasteiger partial charge on any atom is -0.458 e. The van der Waals surface area contributed by atoms with Crippen LogP contribution in [0.3, 0.4) is 0 Å². The Hall–Kier alpha value is -3.96. The van der Waals surface area contributed by atoms with Gasteiger partial charge in [0.1, 0.15) is 6.61 Å². The van der Waals surface area contributed by atoms with Crippen LogP contribution in [0.5, 0.6) is 0 Å². The van der Waals surface area contributed by atoms with Gasteiger partial charge in [-0.15, -0.1) is 0 Å². The Morgan fingerprint density at radius 1 is 0.556 bits per heavy atom. The van der Waals surface area contributed by atoms with Crippen molar-refractivity contribution in [3.05, 3.63) is 35.9 Å². The van der Waals surface area contributed by atoms with Crippen molar-refractivity contribution >= 4 is 35.8 Å². The molecule has 1 aromatic rings. The van der Waals surface area contributed by atoms with E-state index < -0.39 is 66.3 Å². The number of carbonyl (C=O) groups is 6. The first-order chi connectivity index (χ1) is 16.8. The van der Waals surface area contributed by atoms with Crippen molar-refractivity contribution in [3.63, 3.8) is 0 Å². The molecule has 0 spiro atoms. The predicted molar refractivity (Wildman–Crippen MR) is 120 cm³/mol. The fourth-order valence-electron chi connectivity index (χ4n) is 2.42. The van der Waals surface area contributed by atoms with Crippen molar-refractivity contribution in [2.45, 2.75) is 78.7 Å². The lowest BCUT2D eigenvalue weighted by Crippen LogP contribution is -2.38. The first-order valence-electron chi connectivity index (χ1n) is 11.0. The summed E-state index contributed by atoms with van der Waals surface area (Å²) in [6.45, 7) is 7.23. The quantitative estimate of drug-likeness (QED) is 0.294. The second kappa shape index (κ2) is 14.4. The summed E-state index contributed by atoms with van der Waals surface area (Å²) in [7, 11) is 0. The van der Waals surface area contributed by atoms with Crippen LogP contribution in [0, 0.1) is 0 Å². The summed E-state index contributed by atoms with van der Waals surface area (Å²) < 4.78 is 29.3. The van der Waals surface area contributed by atoms with Crippen molar-refractivity contribution in [3.8, 4) is 0 Å². The van der Waals surface area contributed by atoms with Gasteiger partial charge < -0.3 is 28.4 Å². The van der Waals surface area contributed by atoms with E-state index in [4.69, 9.17) is 23.7 Å². The van der Waals surface area contributed by atoms with Gasteiger partial charge in [0.15, 0.2) is 30.5 Å². The summed E-state index contributed by atoms with van der Waals surface area (Å²) in [4.78, 5) is 71.2. The molecule has 36 heavy (non-hydrogen) atoms. The molecule has 1 rings (SSSR count). The van der Waals surface area contributed by atoms with E-state index in [1.807, 2.05) is 6.07 Å². The minimum atomic E-state index is -1.46. The van der Waals surface area contributed by atoms with Crippen LogP contribution in [0.2, 0.25) is 0 Å². The van der Waals surface area contributed by atoms with Crippen LogP contribution in [-0.2, 0) is 63.8 Å². The van der Waals surface area contributed by atoms with Crippen LogP contribution >= 0.6 is 0 Å². The number of esters is 6. The van der Waals surface area contributed by atoms with E-state index in [2.05, 4.69) is 4.74 Å². The fraction of sp³-hybridized carbons (Fsp3) is 0.500. The smallest absolute Gasteiger partial charge is 0.347 e. The zero-order valence-corrected chi connectivity index (χ0v) is 20.9. The van der Waals surface area contributed by atoms with E-state index in [9.17, 15) is 28.8 Å². The summed E-state index contributed by atoms with van der Waals surface area (Å²) in [5, 5.41) is 0. The number of rotatable bonds is 12. The molecule has 5 atom stereocenters. The van der Waals surface area contributed by atoms with E-state index in [0.29, 0.717) is 0 Å². The number of hydrogen-bond acceptors (Lipinski definition) is 12. The van der Waals surface area contributed by atoms with Gasteiger partial charge in [0.05, 0.1) is 0 Å². The topological polar surface area (TPSA) is 158 Å². The Kier molecular flexibility index (Phi) is 12.1. The van der Waals surface area contributed by atoms with Crippen LogP contribution in [0.25, 0.3) is 0 Å². The van der Waals surface area contributed by atoms with Crippen LogP contribution < -0.4 is 0 Å². The van der Waals surface area contributed by atoms with Gasteiger partial charge in [0.2, 0.25) is 0 Å². The van der Waals surface area contributed by atoms with Crippen LogP contribution in [0.15, 0.2) is 30.3 Å². The Morgan fingerprint density at radius 2 is 0.889 bits per heavy atom. The number of benzene rings is 1. The lowest BCUT2D eigenvalue weighted by molar-refractivity contribution is -0.186. The van der Waals surface area contributed by atoms with Crippen LogP contribution in [0.4, 0.5) is 0 Å². The lowest BCUT2D eigenvalue weighted by atomic mass is 10.2. The molecule has 0 aliphatic rings. The van der Waals surface area contributed by atoms with E-state index in [1.165, 1.54) is 34.6 Å². The summed E-state index contributed by atoms with van der Waals surface area (Å²) >= 11 is 0. The van der Waals surface area contributed by atoms with E-state index >= 15 is 0 Å². The Balaban J connectivity index is 2.47. The molecule has 0 radical (unpaired) electrons. The van der Waals surface area contributed by atoms with E-state index in [0.717, 1.165) is 12.5 Å². The van der Waals surface area contributed by atoms with Gasteiger partial charge in [-0.05, 0) is 40.2 Å². The second-order valence-electron chi connectivity index (χ2n) is 7.66. The van der Waals surface area contributed by atoms with Gasteiger partial charge in [0, 0.05) is 6.92 Å². The van der Waals surface area contributed by atoms with Gasteiger partial charge in [-0.25, -0.2) is 24.0 Å². The average Bonchev–Trinajstić information content (AvgIpc) is 2.82. The van der Waals surface area contributed by atoms with Crippen molar-refractivity contribution < 1.29 is 57.2 Å². The maximum Gasteiger partial charge on any atom is 0.347 e. The van der Waals surface area contributed by atoms with Gasteiger partial charge in [0.25, 0.3) is 0 Å². The number of hydrogen-bond donors (Lipinski definition) is 0. The van der Waals surface area contributed by atoms with Gasteiger partial charge in [-0.3, -0.25) is 4.79 Å². The fourth-order valence-corrected chi connectivity index (χ4v) is 2.42. The lowest BCUT2D eigenvalue weighted by Gasteiger charge is -2.20. The number of ether oxygens (including phenoxy) is 6. The van der Waals surface area contributed by atoms with E-state index in [-0.39, 0.29) is 6.61 Å². The maximum absolute atomic E-state index is 12.2. The molecule has 0 N–H and O–H groups in total. The third kappa shape index (κ3) is 10.5. The molecule has 0 amide bonds. The zero-order valence-electron chi connectivity index (χ0n) is 20.9. The largest absolute Gasteiger partial charge is 0.458 e. The third-order valence-corrected chi connectivity index (χ3v) is 4.40. The Labute approximate surface area is 208 Å². The first kappa shape index (κ1) is 30.1. The summed E-state index contributed by atoms with van der Waals surface area (Å²) in [5.41, 5.74) is 0.748. The van der Waals surface area contributed by atoms with Crippen molar-refractivity contribution in [2.24, 2.45) is 0 Å². The van der Waals surface area contributed by atoms with Crippen molar-refractivity contribution in [1.82, 2.24) is 0 Å². The number of carbonyl (C=O) groups excluding carboxylic acids is 6. The molecule has 0 aliphatic heterocycles. The molecule has 5 unspecified atom stereocenters. The molecular weight excluding hydrogens is 480 g/mol. The van der Waals surface area contributed by atoms with Crippen molar-refractivity contribution in [2.75, 3.05) is 0 Å². The zero-order chi connectivity index (χ0) is 27.4. The highest BCUT2D eigenvalue weighted by atomic mass is 16.6. The van der Waals surface area contributed by atoms with Gasteiger partial charge in [-0.1, -0.05) is 30.3 Å². The van der Waals surface area contributed by atoms with Gasteiger partial charge in [-0.2, -0.15) is 0 Å². The van der Waals surface area contributed by atoms with Crippen LogP contribution in [0.1, 0.15) is 47.1 Å². The van der Waals surface area contributed by atoms with Crippen LogP contribution in [-0.4, -0.2) is 66.3 Å². The highest BCUT2D eigenvalue weighted by Gasteiger charge is 2.31. The van der Waals surface area contributed by atoms with Crippen molar-refractivity contribution in [1.29, 1.82) is 0 Å². The molecule has 0 fully saturated rings. The minimum absolute atomic E-state index is 0.00855. The predicted octanol–water partition coefficient (Wildman–Crippen LogP) is 1.41. The normalized spacial score (nSPS) is 14.6. The molecule has 12 nitrogen and oxygen atoms in total. The maximum atomic E-state index is 12.2. The molecule has 0 aromatic heterocycles. The molecule has 0 saturated heterocycles. The molecule has 1 aromatic carbocycles. The first-order valence-corrected chi connectivity index (χ1v) is 11.0. The third-order valence-electron chi connectivity index (χ3n) is 4.40. The SMILES string of the molecule is CC(=O)OC(C)C(=O)OC(C)C(=O)OC(C)C(=O)OC(C)C(=O)OC(C)C(=O)OCc1ccccc1.